The number of anilines is 1. The van der Waals surface area contributed by atoms with Crippen LogP contribution in [0.5, 0.6) is 5.75 Å². The maximum absolute atomic E-state index is 14.3. The molecule has 1 aromatic carbocycles. The number of benzene rings is 1. The lowest BCUT2D eigenvalue weighted by molar-refractivity contribution is 0.101. The molecule has 1 heterocycles. The molecule has 0 fully saturated rings. The fourth-order valence-corrected chi connectivity index (χ4v) is 4.96. The third kappa shape index (κ3) is 3.65. The summed E-state index contributed by atoms with van der Waals surface area (Å²) in [7, 11) is 0.848. The number of hydrogen-bond donors (Lipinski definition) is 1. The first kappa shape index (κ1) is 22.1. The van der Waals surface area contributed by atoms with Crippen molar-refractivity contribution >= 4 is 22.2 Å². The molecule has 1 aliphatic rings. The van der Waals surface area contributed by atoms with E-state index in [9.17, 15) is 27.6 Å². The van der Waals surface area contributed by atoms with E-state index in [1.807, 2.05) is 6.07 Å². The summed E-state index contributed by atoms with van der Waals surface area (Å²) >= 11 is 1.15. The van der Waals surface area contributed by atoms with Gasteiger partial charge in [0.2, 0.25) is 11.6 Å². The minimum absolute atomic E-state index is 0.0578. The first-order valence-corrected chi connectivity index (χ1v) is 10.1. The molecule has 30 heavy (non-hydrogen) atoms. The summed E-state index contributed by atoms with van der Waals surface area (Å²) in [6.07, 6.45) is 2.22. The maximum atomic E-state index is 14.3. The fourth-order valence-electron chi connectivity index (χ4n) is 3.69. The van der Waals surface area contributed by atoms with Gasteiger partial charge in [-0.05, 0) is 36.2 Å². The summed E-state index contributed by atoms with van der Waals surface area (Å²) in [5, 5.41) is 11.9. The number of nitriles is 1. The zero-order valence-electron chi connectivity index (χ0n) is 16.9. The van der Waals surface area contributed by atoms with Crippen molar-refractivity contribution in [2.24, 2.45) is 11.3 Å². The van der Waals surface area contributed by atoms with Crippen molar-refractivity contribution in [3.05, 3.63) is 44.8 Å². The number of amides is 1. The first-order chi connectivity index (χ1) is 14.0. The number of carbonyl (C=O) groups excluding carboxylic acids is 1. The Morgan fingerprint density at radius 3 is 2.27 bits per heavy atom. The van der Waals surface area contributed by atoms with Crippen LogP contribution in [0.15, 0.2) is 0 Å². The second-order valence-corrected chi connectivity index (χ2v) is 9.35. The van der Waals surface area contributed by atoms with E-state index in [4.69, 9.17) is 0 Å². The Hall–Kier alpha value is -2.60. The molecule has 9 heteroatoms. The zero-order valence-corrected chi connectivity index (χ0v) is 17.7. The number of methoxy groups -OCH3 is 1. The second-order valence-electron chi connectivity index (χ2n) is 8.24. The molecular formula is C21H20F4N2O2S. The van der Waals surface area contributed by atoms with E-state index >= 15 is 0 Å². The highest BCUT2D eigenvalue weighted by Gasteiger charge is 2.34. The molecule has 0 aliphatic heterocycles. The minimum Gasteiger partial charge on any atom is -0.491 e. The molecule has 4 nitrogen and oxygen atoms in total. The van der Waals surface area contributed by atoms with Gasteiger partial charge in [-0.3, -0.25) is 4.79 Å². The predicted octanol–water partition coefficient (Wildman–Crippen LogP) is 5.59. The topological polar surface area (TPSA) is 62.1 Å². The number of carbonyl (C=O) groups is 1. The SMILES string of the molecule is COc1c(F)c(F)c(C(=O)Nc2sc3c(c2C#N)CCC(C(C)(C)C)C3)c(F)c1F. The molecule has 2 aromatic rings. The lowest BCUT2D eigenvalue weighted by Gasteiger charge is -2.33. The van der Waals surface area contributed by atoms with Crippen LogP contribution in [0.1, 0.15) is 53.6 Å². The second kappa shape index (κ2) is 7.91. The van der Waals surface area contributed by atoms with Crippen LogP contribution >= 0.6 is 11.3 Å². The lowest BCUT2D eigenvalue weighted by Crippen LogP contribution is -2.26. The summed E-state index contributed by atoms with van der Waals surface area (Å²) < 4.78 is 60.7. The molecule has 1 amide bonds. The molecule has 1 atom stereocenters. The van der Waals surface area contributed by atoms with Crippen molar-refractivity contribution in [3.8, 4) is 11.8 Å². The van der Waals surface area contributed by atoms with Gasteiger partial charge in [-0.2, -0.15) is 14.0 Å². The molecule has 3 rings (SSSR count). The van der Waals surface area contributed by atoms with Crippen molar-refractivity contribution in [2.75, 3.05) is 12.4 Å². The Bertz CT molecular complexity index is 1040. The number of ether oxygens (including phenoxy) is 1. The molecule has 1 aromatic heterocycles. The van der Waals surface area contributed by atoms with Gasteiger partial charge in [0.1, 0.15) is 16.6 Å². The Balaban J connectivity index is 1.98. The van der Waals surface area contributed by atoms with Crippen molar-refractivity contribution < 1.29 is 27.1 Å². The summed E-state index contributed by atoms with van der Waals surface area (Å²) in [6, 6.07) is 2.02. The third-order valence-electron chi connectivity index (χ3n) is 5.48. The lowest BCUT2D eigenvalue weighted by atomic mass is 9.72. The number of hydrogen-bond acceptors (Lipinski definition) is 4. The van der Waals surface area contributed by atoms with Crippen LogP contribution in [0, 0.1) is 45.9 Å². The Morgan fingerprint density at radius 2 is 1.77 bits per heavy atom. The minimum atomic E-state index is -1.86. The van der Waals surface area contributed by atoms with E-state index in [1.165, 1.54) is 0 Å². The van der Waals surface area contributed by atoms with Crippen molar-refractivity contribution in [1.82, 2.24) is 0 Å². The Kier molecular flexibility index (Phi) is 5.83. The van der Waals surface area contributed by atoms with E-state index in [-0.39, 0.29) is 16.0 Å². The van der Waals surface area contributed by atoms with Crippen molar-refractivity contribution in [3.63, 3.8) is 0 Å². The van der Waals surface area contributed by atoms with Gasteiger partial charge < -0.3 is 10.1 Å². The van der Waals surface area contributed by atoms with Crippen LogP contribution in [-0.2, 0) is 12.8 Å². The van der Waals surface area contributed by atoms with E-state index in [1.54, 1.807) is 0 Å². The Morgan fingerprint density at radius 1 is 1.17 bits per heavy atom. The van der Waals surface area contributed by atoms with Gasteiger partial charge in [-0.15, -0.1) is 11.3 Å². The molecular weight excluding hydrogens is 420 g/mol. The predicted molar refractivity (Wildman–Crippen MR) is 105 cm³/mol. The van der Waals surface area contributed by atoms with E-state index in [0.717, 1.165) is 35.3 Å². The molecule has 1 N–H and O–H groups in total. The molecule has 160 valence electrons. The molecule has 1 aliphatic carbocycles. The van der Waals surface area contributed by atoms with Gasteiger partial charge in [0.25, 0.3) is 5.91 Å². The van der Waals surface area contributed by atoms with Crippen LogP contribution in [0.25, 0.3) is 0 Å². The van der Waals surface area contributed by atoms with E-state index in [2.05, 4.69) is 30.8 Å². The monoisotopic (exact) mass is 440 g/mol. The number of thiophene rings is 1. The van der Waals surface area contributed by atoms with Gasteiger partial charge in [-0.25, -0.2) is 8.78 Å². The van der Waals surface area contributed by atoms with Crippen molar-refractivity contribution in [2.45, 2.75) is 40.0 Å². The molecule has 0 radical (unpaired) electrons. The number of halogens is 4. The summed E-state index contributed by atoms with van der Waals surface area (Å²) in [5.74, 6) is -9.60. The van der Waals surface area contributed by atoms with Gasteiger partial charge in [0.15, 0.2) is 17.4 Å². The van der Waals surface area contributed by atoms with Crippen LogP contribution in [0.4, 0.5) is 22.6 Å². The van der Waals surface area contributed by atoms with Gasteiger partial charge in [-0.1, -0.05) is 20.8 Å². The largest absolute Gasteiger partial charge is 0.491 e. The number of fused-ring (bicyclic) bond motifs is 1. The third-order valence-corrected chi connectivity index (χ3v) is 6.65. The van der Waals surface area contributed by atoms with Gasteiger partial charge >= 0.3 is 0 Å². The van der Waals surface area contributed by atoms with E-state index in [0.29, 0.717) is 18.8 Å². The molecule has 0 saturated carbocycles. The van der Waals surface area contributed by atoms with Gasteiger partial charge in [0, 0.05) is 4.88 Å². The highest BCUT2D eigenvalue weighted by Crippen LogP contribution is 2.44. The first-order valence-electron chi connectivity index (χ1n) is 9.27. The molecule has 0 saturated heterocycles. The summed E-state index contributed by atoms with van der Waals surface area (Å²) in [5.41, 5.74) is -0.339. The summed E-state index contributed by atoms with van der Waals surface area (Å²) in [6.45, 7) is 6.38. The highest BCUT2D eigenvalue weighted by molar-refractivity contribution is 7.16. The van der Waals surface area contributed by atoms with Crippen LogP contribution in [-0.4, -0.2) is 13.0 Å². The number of nitrogens with zero attached hydrogens (tertiary/aromatic N) is 1. The fraction of sp³-hybridized carbons (Fsp3) is 0.429. The average molecular weight is 440 g/mol. The quantitative estimate of drug-likeness (QED) is 0.500. The highest BCUT2D eigenvalue weighted by atomic mass is 32.1. The number of nitrogens with one attached hydrogen (secondary N) is 1. The van der Waals surface area contributed by atoms with E-state index < -0.39 is 40.5 Å². The zero-order chi connectivity index (χ0) is 22.4. The standard InChI is InChI=1S/C21H20F4N2O2S/c1-21(2,3)9-5-6-10-11(8-26)20(30-12(10)7-9)27-19(28)13-14(22)16(24)18(29-4)17(25)15(13)23/h9H,5-7H2,1-4H3,(H,27,28). The van der Waals surface area contributed by atoms with Crippen LogP contribution in [0.3, 0.4) is 0 Å². The Labute approximate surface area is 175 Å². The molecule has 0 bridgehead atoms. The molecule has 0 spiro atoms. The number of rotatable bonds is 3. The summed E-state index contributed by atoms with van der Waals surface area (Å²) in [4.78, 5) is 13.4. The smallest absolute Gasteiger partial charge is 0.262 e. The van der Waals surface area contributed by atoms with Crippen LogP contribution < -0.4 is 10.1 Å². The molecule has 1 unspecified atom stereocenters. The van der Waals surface area contributed by atoms with Crippen LogP contribution in [0.2, 0.25) is 0 Å². The maximum Gasteiger partial charge on any atom is 0.262 e. The average Bonchev–Trinajstić information content (AvgIpc) is 3.02. The van der Waals surface area contributed by atoms with Crippen molar-refractivity contribution in [1.29, 1.82) is 5.26 Å². The van der Waals surface area contributed by atoms with Gasteiger partial charge in [0.05, 0.1) is 12.7 Å². The normalized spacial score (nSPS) is 16.0.